The first kappa shape index (κ1) is 19.2. The van der Waals surface area contributed by atoms with Crippen molar-refractivity contribution in [3.63, 3.8) is 0 Å². The first-order valence-electron chi connectivity index (χ1n) is 9.46. The standard InChI is InChI=1S/C22H23BrN4S/c1-15(2)14-27-21(20(25-22(27)28)18-9-3-4-11-24-18)19-10-6-12-26(19)17-8-5-7-16(23)13-17/h3-13,15,20-21H,14H2,1-2H3,(H,25,28)/t20-,21+/m0/s1. The number of benzene rings is 1. The number of thiocarbonyl (C=S) groups is 1. The van der Waals surface area contributed by atoms with Crippen LogP contribution in [0.3, 0.4) is 0 Å². The van der Waals surface area contributed by atoms with Crippen LogP contribution in [0.5, 0.6) is 0 Å². The highest BCUT2D eigenvalue weighted by Crippen LogP contribution is 2.40. The Hall–Kier alpha value is -2.18. The van der Waals surface area contributed by atoms with Gasteiger partial charge in [0, 0.05) is 34.8 Å². The van der Waals surface area contributed by atoms with Crippen LogP contribution < -0.4 is 5.32 Å². The second-order valence-electron chi connectivity index (χ2n) is 7.46. The third-order valence-electron chi connectivity index (χ3n) is 4.93. The molecule has 1 aliphatic rings. The van der Waals surface area contributed by atoms with Crippen LogP contribution in [-0.2, 0) is 0 Å². The van der Waals surface area contributed by atoms with Gasteiger partial charge in [0.05, 0.1) is 17.8 Å². The molecule has 0 radical (unpaired) electrons. The second-order valence-corrected chi connectivity index (χ2v) is 8.76. The largest absolute Gasteiger partial charge is 0.352 e. The molecular weight excluding hydrogens is 432 g/mol. The Morgan fingerprint density at radius 2 is 2.00 bits per heavy atom. The molecule has 0 bridgehead atoms. The van der Waals surface area contributed by atoms with E-state index in [2.05, 4.69) is 92.1 Å². The fourth-order valence-electron chi connectivity index (χ4n) is 3.81. The van der Waals surface area contributed by atoms with E-state index in [0.29, 0.717) is 5.92 Å². The maximum absolute atomic E-state index is 5.74. The van der Waals surface area contributed by atoms with Crippen molar-refractivity contribution in [2.45, 2.75) is 25.9 Å². The SMILES string of the molecule is CC(C)CN1C(=S)N[C@@H](c2ccccn2)[C@H]1c1cccn1-c1cccc(Br)c1. The Labute approximate surface area is 179 Å². The van der Waals surface area contributed by atoms with E-state index in [9.17, 15) is 0 Å². The van der Waals surface area contributed by atoms with Gasteiger partial charge in [-0.15, -0.1) is 0 Å². The van der Waals surface area contributed by atoms with Crippen LogP contribution in [0, 0.1) is 5.92 Å². The van der Waals surface area contributed by atoms with Crippen molar-refractivity contribution in [2.75, 3.05) is 6.54 Å². The predicted octanol–water partition coefficient (Wildman–Crippen LogP) is 5.26. The minimum Gasteiger partial charge on any atom is -0.352 e. The summed E-state index contributed by atoms with van der Waals surface area (Å²) in [6.07, 6.45) is 3.96. The van der Waals surface area contributed by atoms with E-state index in [-0.39, 0.29) is 12.1 Å². The summed E-state index contributed by atoms with van der Waals surface area (Å²) in [5, 5.41) is 4.31. The summed E-state index contributed by atoms with van der Waals surface area (Å²) in [4.78, 5) is 6.93. The number of hydrogen-bond donors (Lipinski definition) is 1. The second kappa shape index (κ2) is 8.05. The Morgan fingerprint density at radius 1 is 1.14 bits per heavy atom. The molecule has 0 aliphatic carbocycles. The normalized spacial score (nSPS) is 19.3. The number of rotatable bonds is 5. The van der Waals surface area contributed by atoms with E-state index in [1.54, 1.807) is 0 Å². The lowest BCUT2D eigenvalue weighted by molar-refractivity contribution is 0.280. The van der Waals surface area contributed by atoms with Crippen molar-refractivity contribution in [1.29, 1.82) is 0 Å². The molecule has 0 spiro atoms. The fraction of sp³-hybridized carbons (Fsp3) is 0.273. The highest BCUT2D eigenvalue weighted by Gasteiger charge is 2.41. The van der Waals surface area contributed by atoms with Crippen LogP contribution in [0.2, 0.25) is 0 Å². The van der Waals surface area contributed by atoms with Crippen molar-refractivity contribution in [3.8, 4) is 5.69 Å². The summed E-state index contributed by atoms with van der Waals surface area (Å²) >= 11 is 9.33. The van der Waals surface area contributed by atoms with Gasteiger partial charge in [0.2, 0.25) is 0 Å². The third kappa shape index (κ3) is 3.71. The minimum absolute atomic E-state index is 0.00764. The van der Waals surface area contributed by atoms with Gasteiger partial charge >= 0.3 is 0 Å². The van der Waals surface area contributed by atoms with Crippen LogP contribution in [0.15, 0.2) is 71.5 Å². The molecule has 144 valence electrons. The molecule has 0 unspecified atom stereocenters. The zero-order valence-electron chi connectivity index (χ0n) is 15.9. The molecule has 1 fully saturated rings. The molecule has 0 saturated carbocycles. The molecule has 3 aromatic rings. The fourth-order valence-corrected chi connectivity index (χ4v) is 4.52. The predicted molar refractivity (Wildman–Crippen MR) is 120 cm³/mol. The quantitative estimate of drug-likeness (QED) is 0.532. The van der Waals surface area contributed by atoms with Crippen molar-refractivity contribution >= 4 is 33.3 Å². The Bertz CT molecular complexity index is 969. The molecule has 1 aliphatic heterocycles. The van der Waals surface area contributed by atoms with Crippen LogP contribution in [0.1, 0.15) is 37.3 Å². The number of halogens is 1. The van der Waals surface area contributed by atoms with Crippen LogP contribution in [0.25, 0.3) is 5.69 Å². The molecule has 28 heavy (non-hydrogen) atoms. The maximum Gasteiger partial charge on any atom is 0.170 e. The number of aromatic nitrogens is 2. The number of nitrogens with one attached hydrogen (secondary N) is 1. The van der Waals surface area contributed by atoms with Gasteiger partial charge in [0.25, 0.3) is 0 Å². The van der Waals surface area contributed by atoms with Gasteiger partial charge in [0.1, 0.15) is 0 Å². The van der Waals surface area contributed by atoms with Gasteiger partial charge < -0.3 is 14.8 Å². The van der Waals surface area contributed by atoms with Crippen molar-refractivity contribution in [1.82, 2.24) is 19.8 Å². The van der Waals surface area contributed by atoms with Gasteiger partial charge in [-0.25, -0.2) is 0 Å². The first-order valence-corrected chi connectivity index (χ1v) is 10.7. The summed E-state index contributed by atoms with van der Waals surface area (Å²) in [7, 11) is 0. The summed E-state index contributed by atoms with van der Waals surface area (Å²) in [6.45, 7) is 5.34. The maximum atomic E-state index is 5.74. The lowest BCUT2D eigenvalue weighted by Gasteiger charge is -2.30. The molecular formula is C22H23BrN4S. The lowest BCUT2D eigenvalue weighted by atomic mass is 10.0. The molecule has 1 saturated heterocycles. The summed E-state index contributed by atoms with van der Waals surface area (Å²) in [5.74, 6) is 0.499. The Kier molecular flexibility index (Phi) is 5.51. The molecule has 2 aromatic heterocycles. The van der Waals surface area contributed by atoms with Gasteiger partial charge in [0.15, 0.2) is 5.11 Å². The van der Waals surface area contributed by atoms with Gasteiger partial charge in [-0.2, -0.15) is 0 Å². The molecule has 1 aromatic carbocycles. The number of pyridine rings is 1. The molecule has 2 atom stereocenters. The summed E-state index contributed by atoms with van der Waals surface area (Å²) in [5.41, 5.74) is 3.32. The minimum atomic E-state index is 0.00764. The topological polar surface area (TPSA) is 33.1 Å². The highest BCUT2D eigenvalue weighted by molar-refractivity contribution is 9.10. The third-order valence-corrected chi connectivity index (χ3v) is 5.77. The van der Waals surface area contributed by atoms with Crippen molar-refractivity contribution in [2.24, 2.45) is 5.92 Å². The highest BCUT2D eigenvalue weighted by atomic mass is 79.9. The van der Waals surface area contributed by atoms with E-state index >= 15 is 0 Å². The van der Waals surface area contributed by atoms with Crippen LogP contribution in [0.4, 0.5) is 0 Å². The first-order chi connectivity index (χ1) is 13.5. The molecule has 0 amide bonds. The lowest BCUT2D eigenvalue weighted by Crippen LogP contribution is -2.33. The molecule has 4 rings (SSSR count). The average Bonchev–Trinajstić information content (AvgIpc) is 3.27. The molecule has 4 nitrogen and oxygen atoms in total. The van der Waals surface area contributed by atoms with E-state index in [1.807, 2.05) is 24.4 Å². The summed E-state index contributed by atoms with van der Waals surface area (Å²) < 4.78 is 3.30. The number of hydrogen-bond acceptors (Lipinski definition) is 2. The van der Waals surface area contributed by atoms with E-state index in [1.165, 1.54) is 5.69 Å². The monoisotopic (exact) mass is 454 g/mol. The smallest absolute Gasteiger partial charge is 0.170 e. The Morgan fingerprint density at radius 3 is 2.71 bits per heavy atom. The van der Waals surface area contributed by atoms with Crippen molar-refractivity contribution < 1.29 is 0 Å². The average molecular weight is 455 g/mol. The molecule has 1 N–H and O–H groups in total. The van der Waals surface area contributed by atoms with Gasteiger partial charge in [-0.1, -0.05) is 41.9 Å². The van der Waals surface area contributed by atoms with Gasteiger partial charge in [-0.3, -0.25) is 4.98 Å². The molecule has 3 heterocycles. The van der Waals surface area contributed by atoms with Crippen LogP contribution >= 0.6 is 28.1 Å². The zero-order valence-corrected chi connectivity index (χ0v) is 18.3. The van der Waals surface area contributed by atoms with Gasteiger partial charge in [-0.05, 0) is 60.6 Å². The summed E-state index contributed by atoms with van der Waals surface area (Å²) in [6, 6.07) is 18.8. The number of nitrogens with zero attached hydrogens (tertiary/aromatic N) is 3. The van der Waals surface area contributed by atoms with E-state index < -0.39 is 0 Å². The van der Waals surface area contributed by atoms with E-state index in [4.69, 9.17) is 12.2 Å². The van der Waals surface area contributed by atoms with Crippen LogP contribution in [-0.4, -0.2) is 26.1 Å². The molecule has 6 heteroatoms. The zero-order chi connectivity index (χ0) is 19.7. The van der Waals surface area contributed by atoms with E-state index in [0.717, 1.165) is 27.5 Å². The Balaban J connectivity index is 1.81. The van der Waals surface area contributed by atoms with Crippen molar-refractivity contribution in [3.05, 3.63) is 82.9 Å².